The first-order valence-corrected chi connectivity index (χ1v) is 6.34. The predicted octanol–water partition coefficient (Wildman–Crippen LogP) is 2.32. The molecular weight excluding hydrogens is 273 g/mol. The minimum atomic E-state index is -4.28. The maximum absolute atomic E-state index is 11.8. The molecule has 20 heavy (non-hydrogen) atoms. The van der Waals surface area contributed by atoms with Gasteiger partial charge in [0.2, 0.25) is 0 Å². The first kappa shape index (κ1) is 16.7. The molecule has 0 radical (unpaired) electrons. The molecule has 114 valence electrons. The van der Waals surface area contributed by atoms with Crippen LogP contribution in [-0.2, 0) is 11.2 Å². The van der Waals surface area contributed by atoms with Crippen molar-refractivity contribution in [2.24, 2.45) is 5.73 Å². The lowest BCUT2D eigenvalue weighted by Crippen LogP contribution is -2.18. The van der Waals surface area contributed by atoms with Crippen LogP contribution in [0.5, 0.6) is 5.75 Å². The van der Waals surface area contributed by atoms with E-state index in [1.807, 2.05) is 13.0 Å². The Morgan fingerprint density at radius 3 is 2.60 bits per heavy atom. The molecule has 0 spiro atoms. The molecule has 7 heteroatoms. The highest BCUT2D eigenvalue weighted by Gasteiger charge is 2.27. The van der Waals surface area contributed by atoms with Crippen molar-refractivity contribution in [3.63, 3.8) is 0 Å². The molecule has 0 saturated heterocycles. The summed E-state index contributed by atoms with van der Waals surface area (Å²) in [6, 6.07) is 3.63. The van der Waals surface area contributed by atoms with Crippen LogP contribution in [0.3, 0.4) is 0 Å². The second-order valence-electron chi connectivity index (χ2n) is 4.54. The van der Waals surface area contributed by atoms with Gasteiger partial charge in [-0.1, -0.05) is 0 Å². The molecule has 1 atom stereocenters. The molecule has 0 fully saturated rings. The van der Waals surface area contributed by atoms with Gasteiger partial charge in [0, 0.05) is 24.6 Å². The summed E-state index contributed by atoms with van der Waals surface area (Å²) in [4.78, 5) is 4.18. The molecule has 0 amide bonds. The van der Waals surface area contributed by atoms with Crippen molar-refractivity contribution in [1.29, 1.82) is 0 Å². The Bertz CT molecular complexity index is 380. The van der Waals surface area contributed by atoms with Gasteiger partial charge in [0.05, 0.1) is 19.4 Å². The summed E-state index contributed by atoms with van der Waals surface area (Å²) >= 11 is 0. The number of hydrogen-bond acceptors (Lipinski definition) is 4. The molecule has 1 rings (SSSR count). The first-order chi connectivity index (χ1) is 9.37. The number of rotatable bonds is 8. The van der Waals surface area contributed by atoms with Crippen molar-refractivity contribution in [3.05, 3.63) is 24.0 Å². The van der Waals surface area contributed by atoms with Crippen LogP contribution in [0.2, 0.25) is 0 Å². The monoisotopic (exact) mass is 292 g/mol. The van der Waals surface area contributed by atoms with Gasteiger partial charge in [-0.25, -0.2) is 0 Å². The molecule has 1 heterocycles. The molecule has 0 bridgehead atoms. The van der Waals surface area contributed by atoms with Crippen molar-refractivity contribution in [3.8, 4) is 5.75 Å². The van der Waals surface area contributed by atoms with E-state index in [1.54, 1.807) is 12.3 Å². The molecule has 4 nitrogen and oxygen atoms in total. The quantitative estimate of drug-likeness (QED) is 0.747. The Kier molecular flexibility index (Phi) is 6.74. The lowest BCUT2D eigenvalue weighted by atomic mass is 10.2. The zero-order chi connectivity index (χ0) is 15.0. The highest BCUT2D eigenvalue weighted by Crippen LogP contribution is 2.14. The van der Waals surface area contributed by atoms with Gasteiger partial charge >= 0.3 is 6.18 Å². The van der Waals surface area contributed by atoms with Crippen LogP contribution < -0.4 is 10.5 Å². The van der Waals surface area contributed by atoms with E-state index in [1.165, 1.54) is 0 Å². The van der Waals surface area contributed by atoms with Crippen molar-refractivity contribution >= 4 is 0 Å². The molecule has 0 aromatic carbocycles. The number of nitrogens with zero attached hydrogens (tertiary/aromatic N) is 1. The zero-order valence-electron chi connectivity index (χ0n) is 11.3. The highest BCUT2D eigenvalue weighted by atomic mass is 19.4. The highest BCUT2D eigenvalue weighted by molar-refractivity contribution is 5.20. The van der Waals surface area contributed by atoms with Gasteiger partial charge in [-0.05, 0) is 19.1 Å². The molecule has 0 aliphatic carbocycles. The Labute approximate surface area is 116 Å². The minimum Gasteiger partial charge on any atom is -0.492 e. The third-order valence-electron chi connectivity index (χ3n) is 2.30. The fraction of sp³-hybridized carbons (Fsp3) is 0.615. The fourth-order valence-corrected chi connectivity index (χ4v) is 1.49. The predicted molar refractivity (Wildman–Crippen MR) is 68.6 cm³/mol. The van der Waals surface area contributed by atoms with Crippen LogP contribution in [-0.4, -0.2) is 37.0 Å². The van der Waals surface area contributed by atoms with Gasteiger partial charge in [-0.2, -0.15) is 13.2 Å². The molecule has 1 aromatic heterocycles. The van der Waals surface area contributed by atoms with Crippen molar-refractivity contribution in [2.75, 3.05) is 19.8 Å². The van der Waals surface area contributed by atoms with Gasteiger partial charge in [0.15, 0.2) is 0 Å². The Balaban J connectivity index is 2.16. The number of hydrogen-bond donors (Lipinski definition) is 1. The van der Waals surface area contributed by atoms with E-state index < -0.39 is 12.8 Å². The van der Waals surface area contributed by atoms with E-state index in [0.717, 1.165) is 5.69 Å². The molecular formula is C13H19F3N2O2. The van der Waals surface area contributed by atoms with E-state index in [0.29, 0.717) is 18.6 Å². The van der Waals surface area contributed by atoms with Crippen LogP contribution in [0.15, 0.2) is 18.3 Å². The lowest BCUT2D eigenvalue weighted by Gasteiger charge is -2.09. The minimum absolute atomic E-state index is 0.00963. The first-order valence-electron chi connectivity index (χ1n) is 6.34. The normalized spacial score (nSPS) is 13.2. The number of alkyl halides is 3. The topological polar surface area (TPSA) is 57.4 Å². The summed E-state index contributed by atoms with van der Waals surface area (Å²) in [6.07, 6.45) is -1.63. The second kappa shape index (κ2) is 8.06. The number of halogens is 3. The molecule has 0 aliphatic heterocycles. The van der Waals surface area contributed by atoms with Gasteiger partial charge in [-0.15, -0.1) is 0 Å². The van der Waals surface area contributed by atoms with E-state index in [2.05, 4.69) is 9.72 Å². The second-order valence-corrected chi connectivity index (χ2v) is 4.54. The number of pyridine rings is 1. The summed E-state index contributed by atoms with van der Waals surface area (Å²) in [5.74, 6) is 0.578. The van der Waals surface area contributed by atoms with E-state index in [9.17, 15) is 13.2 Å². The SMILES string of the molecule is CC(N)Cc1ccc(OCCCOCC(F)(F)F)cn1. The fourth-order valence-electron chi connectivity index (χ4n) is 1.49. The van der Waals surface area contributed by atoms with Crippen LogP contribution in [0.25, 0.3) is 0 Å². The number of aromatic nitrogens is 1. The molecule has 1 unspecified atom stereocenters. The van der Waals surface area contributed by atoms with E-state index in [4.69, 9.17) is 10.5 Å². The van der Waals surface area contributed by atoms with Crippen LogP contribution >= 0.6 is 0 Å². The van der Waals surface area contributed by atoms with Crippen LogP contribution in [0.4, 0.5) is 13.2 Å². The summed E-state index contributed by atoms with van der Waals surface area (Å²) in [6.45, 7) is 0.968. The lowest BCUT2D eigenvalue weighted by molar-refractivity contribution is -0.174. The summed E-state index contributed by atoms with van der Waals surface area (Å²) in [7, 11) is 0. The molecule has 1 aromatic rings. The average molecular weight is 292 g/mol. The summed E-state index contributed by atoms with van der Waals surface area (Å²) in [5, 5.41) is 0. The molecule has 2 N–H and O–H groups in total. The van der Waals surface area contributed by atoms with E-state index in [-0.39, 0.29) is 19.3 Å². The van der Waals surface area contributed by atoms with Crippen LogP contribution in [0, 0.1) is 0 Å². The average Bonchev–Trinajstić information content (AvgIpc) is 2.33. The standard InChI is InChI=1S/C13H19F3N2O2/c1-10(17)7-11-3-4-12(8-18-11)20-6-2-5-19-9-13(14,15)16/h3-4,8,10H,2,5-7,9,17H2,1H3. The number of nitrogens with two attached hydrogens (primary N) is 1. The Morgan fingerprint density at radius 2 is 2.05 bits per heavy atom. The van der Waals surface area contributed by atoms with E-state index >= 15 is 0 Å². The Hall–Kier alpha value is -1.34. The van der Waals surface area contributed by atoms with Crippen molar-refractivity contribution in [1.82, 2.24) is 4.98 Å². The third-order valence-corrected chi connectivity index (χ3v) is 2.30. The van der Waals surface area contributed by atoms with Crippen molar-refractivity contribution in [2.45, 2.75) is 32.0 Å². The third kappa shape index (κ3) is 7.96. The summed E-state index contributed by atoms with van der Waals surface area (Å²) < 4.78 is 45.2. The van der Waals surface area contributed by atoms with Gasteiger partial charge in [0.25, 0.3) is 0 Å². The van der Waals surface area contributed by atoms with Gasteiger partial charge < -0.3 is 15.2 Å². The van der Waals surface area contributed by atoms with Gasteiger partial charge in [-0.3, -0.25) is 4.98 Å². The van der Waals surface area contributed by atoms with Crippen LogP contribution in [0.1, 0.15) is 19.0 Å². The van der Waals surface area contributed by atoms with Gasteiger partial charge in [0.1, 0.15) is 12.4 Å². The maximum atomic E-state index is 11.8. The largest absolute Gasteiger partial charge is 0.492 e. The zero-order valence-corrected chi connectivity index (χ0v) is 11.3. The smallest absolute Gasteiger partial charge is 0.411 e. The Morgan fingerprint density at radius 1 is 1.30 bits per heavy atom. The van der Waals surface area contributed by atoms with Crippen molar-refractivity contribution < 1.29 is 22.6 Å². The maximum Gasteiger partial charge on any atom is 0.411 e. The number of ether oxygens (including phenoxy) is 2. The molecule has 0 saturated carbocycles. The summed E-state index contributed by atoms with van der Waals surface area (Å²) in [5.41, 5.74) is 6.53. The molecule has 0 aliphatic rings.